The molecule has 0 saturated carbocycles. The van der Waals surface area contributed by atoms with Crippen molar-refractivity contribution in [1.29, 1.82) is 5.26 Å². The zero-order valence-electron chi connectivity index (χ0n) is 4.91. The van der Waals surface area contributed by atoms with Crippen molar-refractivity contribution in [1.82, 2.24) is 0 Å². The molecule has 1 aromatic heterocycles. The highest BCUT2D eigenvalue weighted by Gasteiger charge is 2.00. The first kappa shape index (κ1) is 6.84. The van der Waals surface area contributed by atoms with Crippen molar-refractivity contribution in [3.63, 3.8) is 0 Å². The van der Waals surface area contributed by atoms with Crippen LogP contribution in [-0.4, -0.2) is 0 Å². The third-order valence-electron chi connectivity index (χ3n) is 1.01. The van der Waals surface area contributed by atoms with E-state index in [2.05, 4.69) is 0 Å². The van der Waals surface area contributed by atoms with E-state index in [1.807, 2.05) is 6.07 Å². The van der Waals surface area contributed by atoms with Crippen molar-refractivity contribution in [2.24, 2.45) is 0 Å². The molecule has 1 aromatic rings. The van der Waals surface area contributed by atoms with Crippen LogP contribution in [0.4, 0.5) is 0 Å². The first-order chi connectivity index (χ1) is 4.74. The number of pyridine rings is 1. The molecule has 0 fully saturated rings. The molecule has 0 bridgehead atoms. The van der Waals surface area contributed by atoms with Gasteiger partial charge in [-0.3, -0.25) is 0 Å². The molecule has 50 valence electrons. The van der Waals surface area contributed by atoms with Gasteiger partial charge in [0.2, 0.25) is 0 Å². The van der Waals surface area contributed by atoms with Crippen LogP contribution in [-0.2, 0) is 0 Å². The van der Waals surface area contributed by atoms with Gasteiger partial charge in [0, 0.05) is 6.07 Å². The molecule has 0 radical (unpaired) electrons. The summed E-state index contributed by atoms with van der Waals surface area (Å²) < 4.78 is 0.545. The summed E-state index contributed by atoms with van der Waals surface area (Å²) in [6, 6.07) is 3.21. The quantitative estimate of drug-likeness (QED) is 0.411. The number of hydrogen-bond donors (Lipinski definition) is 0. The Morgan fingerprint density at radius 2 is 2.40 bits per heavy atom. The first-order valence-electron chi connectivity index (χ1n) is 2.52. The zero-order valence-corrected chi connectivity index (χ0v) is 5.67. The van der Waals surface area contributed by atoms with E-state index in [-0.39, 0.29) is 5.02 Å². The Balaban J connectivity index is 3.23. The van der Waals surface area contributed by atoms with E-state index >= 15 is 0 Å². The summed E-state index contributed by atoms with van der Waals surface area (Å²) in [5.74, 6) is 0. The lowest BCUT2D eigenvalue weighted by molar-refractivity contribution is -0.605. The van der Waals surface area contributed by atoms with Gasteiger partial charge in [-0.25, -0.2) is 0 Å². The Labute approximate surface area is 62.7 Å². The van der Waals surface area contributed by atoms with E-state index in [1.54, 1.807) is 0 Å². The minimum atomic E-state index is 0.181. The summed E-state index contributed by atoms with van der Waals surface area (Å²) in [6.07, 6.45) is 2.37. The Morgan fingerprint density at radius 1 is 1.70 bits per heavy atom. The average Bonchev–Trinajstić information content (AvgIpc) is 1.88. The summed E-state index contributed by atoms with van der Waals surface area (Å²) in [4.78, 5) is 0. The van der Waals surface area contributed by atoms with Gasteiger partial charge in [0.15, 0.2) is 12.4 Å². The molecule has 0 atom stereocenters. The fraction of sp³-hybridized carbons (Fsp3) is 0. The van der Waals surface area contributed by atoms with Crippen molar-refractivity contribution in [2.75, 3.05) is 0 Å². The molecule has 0 aliphatic carbocycles. The van der Waals surface area contributed by atoms with Gasteiger partial charge in [0.25, 0.3) is 0 Å². The maximum Gasteiger partial charge on any atom is 0.200 e. The molecule has 0 spiro atoms. The largest absolute Gasteiger partial charge is 0.619 e. The van der Waals surface area contributed by atoms with Crippen molar-refractivity contribution < 1.29 is 4.73 Å². The number of nitrogens with zero attached hydrogens (tertiary/aromatic N) is 2. The normalized spacial score (nSPS) is 8.80. The topological polar surface area (TPSA) is 50.7 Å². The van der Waals surface area contributed by atoms with Crippen LogP contribution in [0.1, 0.15) is 5.56 Å². The Morgan fingerprint density at radius 3 is 2.90 bits per heavy atom. The predicted octanol–water partition coefficient (Wildman–Crippen LogP) is 0.845. The number of rotatable bonds is 0. The summed E-state index contributed by atoms with van der Waals surface area (Å²) in [5, 5.41) is 19.0. The van der Waals surface area contributed by atoms with Crippen LogP contribution < -0.4 is 4.73 Å². The zero-order chi connectivity index (χ0) is 7.56. The van der Waals surface area contributed by atoms with Crippen molar-refractivity contribution in [3.8, 4) is 6.07 Å². The molecule has 0 aliphatic rings. The second-order valence-electron chi connectivity index (χ2n) is 1.68. The van der Waals surface area contributed by atoms with Gasteiger partial charge < -0.3 is 5.21 Å². The predicted molar refractivity (Wildman–Crippen MR) is 35.1 cm³/mol. The smallest absolute Gasteiger partial charge is 0.200 e. The van der Waals surface area contributed by atoms with E-state index < -0.39 is 0 Å². The fourth-order valence-electron chi connectivity index (χ4n) is 0.543. The second kappa shape index (κ2) is 2.54. The molecular formula is C6H3ClN2O. The number of nitriles is 1. The van der Waals surface area contributed by atoms with Gasteiger partial charge in [-0.2, -0.15) is 9.99 Å². The van der Waals surface area contributed by atoms with Crippen LogP contribution in [0.3, 0.4) is 0 Å². The summed E-state index contributed by atoms with van der Waals surface area (Å²) in [7, 11) is 0. The standard InChI is InChI=1S/C6H3ClN2O/c7-6-4-9(10)2-1-5(6)3-8/h1-2,4H. The van der Waals surface area contributed by atoms with E-state index in [4.69, 9.17) is 16.9 Å². The third-order valence-corrected chi connectivity index (χ3v) is 1.31. The Bertz CT molecular complexity index is 292. The summed E-state index contributed by atoms with van der Waals surface area (Å²) in [5.41, 5.74) is 0.314. The lowest BCUT2D eigenvalue weighted by atomic mass is 10.3. The maximum absolute atomic E-state index is 10.5. The maximum atomic E-state index is 10.5. The SMILES string of the molecule is N#Cc1cc[n+]([O-])cc1Cl. The van der Waals surface area contributed by atoms with Gasteiger partial charge in [0.1, 0.15) is 11.1 Å². The first-order valence-corrected chi connectivity index (χ1v) is 2.90. The molecule has 1 heterocycles. The van der Waals surface area contributed by atoms with E-state index in [1.165, 1.54) is 12.3 Å². The second-order valence-corrected chi connectivity index (χ2v) is 2.09. The summed E-state index contributed by atoms with van der Waals surface area (Å²) >= 11 is 5.49. The van der Waals surface area contributed by atoms with Gasteiger partial charge in [-0.15, -0.1) is 0 Å². The van der Waals surface area contributed by atoms with Crippen molar-refractivity contribution in [2.45, 2.75) is 0 Å². The highest BCUT2D eigenvalue weighted by molar-refractivity contribution is 6.31. The molecule has 1 rings (SSSR count). The minimum Gasteiger partial charge on any atom is -0.619 e. The molecule has 0 amide bonds. The van der Waals surface area contributed by atoms with Crippen molar-refractivity contribution >= 4 is 11.6 Å². The van der Waals surface area contributed by atoms with Crippen LogP contribution in [0.15, 0.2) is 18.5 Å². The number of hydrogen-bond acceptors (Lipinski definition) is 2. The molecule has 0 N–H and O–H groups in total. The fourth-order valence-corrected chi connectivity index (χ4v) is 0.744. The number of halogens is 1. The van der Waals surface area contributed by atoms with Gasteiger partial charge in [-0.05, 0) is 0 Å². The van der Waals surface area contributed by atoms with Gasteiger partial charge in [-0.1, -0.05) is 11.6 Å². The lowest BCUT2D eigenvalue weighted by Gasteiger charge is -1.94. The lowest BCUT2D eigenvalue weighted by Crippen LogP contribution is -2.24. The minimum absolute atomic E-state index is 0.181. The molecule has 0 aromatic carbocycles. The molecule has 10 heavy (non-hydrogen) atoms. The molecule has 4 heteroatoms. The van der Waals surface area contributed by atoms with Crippen molar-refractivity contribution in [3.05, 3.63) is 34.3 Å². The van der Waals surface area contributed by atoms with Crippen LogP contribution >= 0.6 is 11.6 Å². The van der Waals surface area contributed by atoms with E-state index in [0.717, 1.165) is 6.20 Å². The van der Waals surface area contributed by atoms with Crippen LogP contribution in [0.5, 0.6) is 0 Å². The molecule has 3 nitrogen and oxygen atoms in total. The Kier molecular flexibility index (Phi) is 1.74. The van der Waals surface area contributed by atoms with Crippen LogP contribution in [0.2, 0.25) is 5.02 Å². The van der Waals surface area contributed by atoms with E-state index in [9.17, 15) is 5.21 Å². The highest BCUT2D eigenvalue weighted by Crippen LogP contribution is 2.09. The highest BCUT2D eigenvalue weighted by atomic mass is 35.5. The van der Waals surface area contributed by atoms with Gasteiger partial charge in [0.05, 0.1) is 5.56 Å². The van der Waals surface area contributed by atoms with E-state index in [0.29, 0.717) is 10.3 Å². The van der Waals surface area contributed by atoms with Crippen LogP contribution in [0, 0.1) is 16.5 Å². The summed E-state index contributed by atoms with van der Waals surface area (Å²) in [6.45, 7) is 0. The molecular weight excluding hydrogens is 152 g/mol. The molecule has 0 saturated heterocycles. The van der Waals surface area contributed by atoms with Gasteiger partial charge >= 0.3 is 0 Å². The van der Waals surface area contributed by atoms with Crippen LogP contribution in [0.25, 0.3) is 0 Å². The third kappa shape index (κ3) is 1.17. The number of aromatic nitrogens is 1. The molecule has 0 unspecified atom stereocenters. The average molecular weight is 155 g/mol. The monoisotopic (exact) mass is 154 g/mol. The Hall–Kier alpha value is -1.27. The molecule has 0 aliphatic heterocycles.